The summed E-state index contributed by atoms with van der Waals surface area (Å²) < 4.78 is 12.2. The smallest absolute Gasteiger partial charge is 0.244 e. The molecule has 152 valence electrons. The van der Waals surface area contributed by atoms with Gasteiger partial charge in [-0.05, 0) is 58.1 Å². The lowest BCUT2D eigenvalue weighted by molar-refractivity contribution is -0.116. The van der Waals surface area contributed by atoms with Gasteiger partial charge < -0.3 is 14.5 Å². The van der Waals surface area contributed by atoms with Crippen molar-refractivity contribution in [3.63, 3.8) is 0 Å². The zero-order valence-corrected chi connectivity index (χ0v) is 17.7. The number of carbonyl (C=O) groups excluding carboxylic acids is 1. The Labute approximate surface area is 168 Å². The second-order valence-electron chi connectivity index (χ2n) is 7.72. The van der Waals surface area contributed by atoms with Crippen LogP contribution in [0.2, 0.25) is 0 Å². The molecule has 1 aliphatic carbocycles. The van der Waals surface area contributed by atoms with Gasteiger partial charge in [-0.1, -0.05) is 19.8 Å². The van der Waals surface area contributed by atoms with Crippen LogP contribution in [0.4, 0.5) is 0 Å². The highest BCUT2D eigenvalue weighted by molar-refractivity contribution is 5.98. The number of unbranched alkanes of at least 4 members (excludes halogenated alkanes) is 2. The number of carbonyl (C=O) groups is 1. The summed E-state index contributed by atoms with van der Waals surface area (Å²) in [5.74, 6) is 1.91. The molecule has 0 atom stereocenters. The Bertz CT molecular complexity index is 876. The highest BCUT2D eigenvalue weighted by Crippen LogP contribution is 2.41. The van der Waals surface area contributed by atoms with E-state index in [1.54, 1.807) is 6.08 Å². The van der Waals surface area contributed by atoms with Crippen LogP contribution in [0.3, 0.4) is 0 Å². The van der Waals surface area contributed by atoms with Crippen molar-refractivity contribution < 1.29 is 13.9 Å². The second-order valence-corrected chi connectivity index (χ2v) is 7.72. The van der Waals surface area contributed by atoms with Gasteiger partial charge in [-0.2, -0.15) is 0 Å². The molecule has 0 radical (unpaired) electrons. The molecule has 28 heavy (non-hydrogen) atoms. The number of amides is 1. The molecule has 4 nitrogen and oxygen atoms in total. The molecule has 2 aromatic rings. The lowest BCUT2D eigenvalue weighted by Gasteiger charge is -2.15. The van der Waals surface area contributed by atoms with Crippen molar-refractivity contribution in [3.8, 4) is 5.75 Å². The van der Waals surface area contributed by atoms with Gasteiger partial charge in [-0.15, -0.1) is 0 Å². The minimum Gasteiger partial charge on any atom is -0.493 e. The lowest BCUT2D eigenvalue weighted by Crippen LogP contribution is -2.22. The number of allylic oxidation sites excluding steroid dienone is 1. The molecule has 0 spiro atoms. The van der Waals surface area contributed by atoms with Crippen molar-refractivity contribution in [2.75, 3.05) is 13.2 Å². The summed E-state index contributed by atoms with van der Waals surface area (Å²) in [5.41, 5.74) is 5.22. The number of nitrogens with one attached hydrogen (secondary N) is 1. The molecule has 0 bridgehead atoms. The Balaban J connectivity index is 1.97. The Morgan fingerprint density at radius 3 is 2.79 bits per heavy atom. The molecule has 0 aliphatic heterocycles. The molecule has 1 aromatic carbocycles. The van der Waals surface area contributed by atoms with E-state index >= 15 is 0 Å². The first kappa shape index (κ1) is 20.5. The molecule has 0 fully saturated rings. The summed E-state index contributed by atoms with van der Waals surface area (Å²) in [4.78, 5) is 12.3. The van der Waals surface area contributed by atoms with Crippen LogP contribution in [0.25, 0.3) is 16.5 Å². The van der Waals surface area contributed by atoms with Gasteiger partial charge in [0.2, 0.25) is 5.91 Å². The fourth-order valence-electron chi connectivity index (χ4n) is 4.07. The third-order valence-corrected chi connectivity index (χ3v) is 5.57. The van der Waals surface area contributed by atoms with Gasteiger partial charge in [0.25, 0.3) is 0 Å². The summed E-state index contributed by atoms with van der Waals surface area (Å²) >= 11 is 0. The Morgan fingerprint density at radius 1 is 1.25 bits per heavy atom. The van der Waals surface area contributed by atoms with E-state index in [1.807, 2.05) is 13.8 Å². The number of benzene rings is 1. The maximum atomic E-state index is 12.3. The Morgan fingerprint density at radius 2 is 2.04 bits per heavy atom. The van der Waals surface area contributed by atoms with Crippen LogP contribution in [0.5, 0.6) is 5.75 Å². The Hall–Kier alpha value is -2.23. The summed E-state index contributed by atoms with van der Waals surface area (Å²) in [6, 6.07) is 2.16. The number of hydrogen-bond donors (Lipinski definition) is 1. The van der Waals surface area contributed by atoms with Crippen LogP contribution in [-0.4, -0.2) is 19.1 Å². The van der Waals surface area contributed by atoms with Crippen molar-refractivity contribution in [1.29, 1.82) is 0 Å². The van der Waals surface area contributed by atoms with Gasteiger partial charge in [-0.25, -0.2) is 0 Å². The average Bonchev–Trinajstić information content (AvgIpc) is 3.06. The van der Waals surface area contributed by atoms with Crippen LogP contribution >= 0.6 is 0 Å². The van der Waals surface area contributed by atoms with Gasteiger partial charge in [-0.3, -0.25) is 4.79 Å². The number of ether oxygens (including phenoxy) is 1. The zero-order valence-electron chi connectivity index (χ0n) is 17.7. The fraction of sp³-hybridized carbons (Fsp3) is 0.542. The molecule has 1 N–H and O–H groups in total. The van der Waals surface area contributed by atoms with E-state index in [1.165, 1.54) is 23.8 Å². The van der Waals surface area contributed by atoms with Crippen molar-refractivity contribution >= 4 is 22.4 Å². The second kappa shape index (κ2) is 9.31. The molecule has 4 heteroatoms. The highest BCUT2D eigenvalue weighted by atomic mass is 16.5. The zero-order chi connectivity index (χ0) is 20.1. The van der Waals surface area contributed by atoms with Crippen LogP contribution in [-0.2, 0) is 17.6 Å². The maximum Gasteiger partial charge on any atom is 0.244 e. The summed E-state index contributed by atoms with van der Waals surface area (Å²) in [5, 5.41) is 4.17. The van der Waals surface area contributed by atoms with E-state index in [4.69, 9.17) is 9.15 Å². The van der Waals surface area contributed by atoms with Crippen LogP contribution in [0, 0.1) is 6.92 Å². The van der Waals surface area contributed by atoms with Crippen LogP contribution < -0.4 is 10.1 Å². The first-order valence-corrected chi connectivity index (χ1v) is 10.7. The summed E-state index contributed by atoms with van der Waals surface area (Å²) in [6.45, 7) is 9.50. The first-order chi connectivity index (χ1) is 13.6. The monoisotopic (exact) mass is 383 g/mol. The van der Waals surface area contributed by atoms with Crippen molar-refractivity contribution in [2.24, 2.45) is 0 Å². The van der Waals surface area contributed by atoms with E-state index in [-0.39, 0.29) is 5.91 Å². The molecule has 0 saturated heterocycles. The number of fused-ring (bicyclic) bond motifs is 3. The van der Waals surface area contributed by atoms with Gasteiger partial charge in [0.1, 0.15) is 17.1 Å². The maximum absolute atomic E-state index is 12.3. The van der Waals surface area contributed by atoms with Crippen molar-refractivity contribution in [3.05, 3.63) is 34.6 Å². The molecule has 1 amide bonds. The van der Waals surface area contributed by atoms with E-state index in [2.05, 4.69) is 25.2 Å². The van der Waals surface area contributed by atoms with E-state index in [0.717, 1.165) is 72.4 Å². The van der Waals surface area contributed by atoms with Crippen molar-refractivity contribution in [2.45, 2.75) is 72.6 Å². The predicted octanol–water partition coefficient (Wildman–Crippen LogP) is 5.73. The first-order valence-electron chi connectivity index (χ1n) is 10.7. The number of rotatable bonds is 8. The fourth-order valence-corrected chi connectivity index (χ4v) is 4.07. The molecule has 0 saturated carbocycles. The minimum atomic E-state index is -0.0389. The van der Waals surface area contributed by atoms with Gasteiger partial charge in [0.05, 0.1) is 6.61 Å². The number of hydrogen-bond acceptors (Lipinski definition) is 3. The normalized spacial score (nSPS) is 14.2. The average molecular weight is 384 g/mol. The third-order valence-electron chi connectivity index (χ3n) is 5.57. The van der Waals surface area contributed by atoms with E-state index in [0.29, 0.717) is 6.61 Å². The third kappa shape index (κ3) is 4.26. The van der Waals surface area contributed by atoms with E-state index in [9.17, 15) is 4.79 Å². The predicted molar refractivity (Wildman–Crippen MR) is 115 cm³/mol. The molecular weight excluding hydrogens is 350 g/mol. The molecule has 1 aliphatic rings. The van der Waals surface area contributed by atoms with Crippen LogP contribution in [0.1, 0.15) is 75.3 Å². The van der Waals surface area contributed by atoms with Gasteiger partial charge in [0.15, 0.2) is 0 Å². The highest BCUT2D eigenvalue weighted by Gasteiger charge is 2.23. The molecule has 1 heterocycles. The topological polar surface area (TPSA) is 51.5 Å². The Kier molecular flexibility index (Phi) is 6.82. The van der Waals surface area contributed by atoms with Gasteiger partial charge >= 0.3 is 0 Å². The standard InChI is InChI=1S/C24H33NO3/c1-5-7-10-13-25-22(26)14-16(3)19-15-20-18-11-8-9-12-21(18)28-24(20)17(4)23(19)27-6-2/h14-15H,5-13H2,1-4H3,(H,25,26)/b16-14+. The number of furan rings is 1. The minimum absolute atomic E-state index is 0.0389. The van der Waals surface area contributed by atoms with E-state index < -0.39 is 0 Å². The molecule has 0 unspecified atom stereocenters. The SMILES string of the molecule is CCCCCNC(=O)/C=C(\C)c1cc2c3c(oc2c(C)c1OCC)CCCC3. The summed E-state index contributed by atoms with van der Waals surface area (Å²) in [6.07, 6.45) is 9.48. The molecular formula is C24H33NO3. The van der Waals surface area contributed by atoms with Crippen molar-refractivity contribution in [1.82, 2.24) is 5.32 Å². The molecule has 3 rings (SSSR count). The lowest BCUT2D eigenvalue weighted by atomic mass is 9.93. The number of aryl methyl sites for hydroxylation is 3. The largest absolute Gasteiger partial charge is 0.493 e. The quantitative estimate of drug-likeness (QED) is 0.468. The molecule has 1 aromatic heterocycles. The van der Waals surface area contributed by atoms with Crippen LogP contribution in [0.15, 0.2) is 16.6 Å². The summed E-state index contributed by atoms with van der Waals surface area (Å²) in [7, 11) is 0. The van der Waals surface area contributed by atoms with Gasteiger partial charge in [0, 0.05) is 41.1 Å².